The monoisotopic (exact) mass is 188 g/mol. The van der Waals surface area contributed by atoms with E-state index in [0.29, 0.717) is 0 Å². The Morgan fingerprint density at radius 2 is 2.00 bits per heavy atom. The van der Waals surface area contributed by atoms with Crippen LogP contribution in [0.4, 0.5) is 0 Å². The summed E-state index contributed by atoms with van der Waals surface area (Å²) >= 11 is 0. The van der Waals surface area contributed by atoms with Crippen molar-refractivity contribution in [2.45, 2.75) is 26.2 Å². The molecule has 1 nitrogen and oxygen atoms in total. The molecule has 0 unspecified atom stereocenters. The maximum Gasteiger partial charge on any atom is 0.150 e. The summed E-state index contributed by atoms with van der Waals surface area (Å²) in [6.07, 6.45) is 6.25. The second kappa shape index (κ2) is 6.14. The molecule has 0 saturated carbocycles. The largest absolute Gasteiger partial charge is 0.298 e. The Hall–Kier alpha value is -1.37. The van der Waals surface area contributed by atoms with E-state index in [1.807, 2.05) is 36.4 Å². The predicted molar refractivity (Wildman–Crippen MR) is 60.0 cm³/mol. The number of hydrogen-bond acceptors (Lipinski definition) is 1. The van der Waals surface area contributed by atoms with Crippen LogP contribution in [-0.2, 0) is 4.79 Å². The first-order valence-corrected chi connectivity index (χ1v) is 5.09. The molecule has 74 valence electrons. The molecule has 0 N–H and O–H groups in total. The second-order valence-electron chi connectivity index (χ2n) is 3.29. The first-order valence-electron chi connectivity index (χ1n) is 5.09. The number of aldehydes is 1. The Morgan fingerprint density at radius 1 is 1.29 bits per heavy atom. The number of unbranched alkanes of at least 4 members (excludes halogenated alkanes) is 2. The molecule has 0 bridgehead atoms. The zero-order valence-corrected chi connectivity index (χ0v) is 8.57. The normalized spacial score (nSPS) is 11.4. The van der Waals surface area contributed by atoms with Gasteiger partial charge in [-0.1, -0.05) is 56.2 Å². The number of allylic oxidation sites excluding steroid dienone is 2. The minimum atomic E-state index is 0.805. The summed E-state index contributed by atoms with van der Waals surface area (Å²) in [4.78, 5) is 10.8. The molecule has 1 aromatic rings. The summed E-state index contributed by atoms with van der Waals surface area (Å²) in [7, 11) is 0. The highest BCUT2D eigenvalue weighted by atomic mass is 16.1. The van der Waals surface area contributed by atoms with Crippen molar-refractivity contribution in [3.05, 3.63) is 42.0 Å². The third-order valence-electron chi connectivity index (χ3n) is 2.16. The lowest BCUT2D eigenvalue weighted by atomic mass is 10.1. The van der Waals surface area contributed by atoms with Gasteiger partial charge in [0.25, 0.3) is 0 Å². The molecule has 0 aromatic heterocycles. The molecule has 0 spiro atoms. The van der Waals surface area contributed by atoms with Crippen molar-refractivity contribution < 1.29 is 4.79 Å². The molecule has 0 aliphatic carbocycles. The Balaban J connectivity index is 2.72. The van der Waals surface area contributed by atoms with Crippen molar-refractivity contribution in [2.24, 2.45) is 0 Å². The fourth-order valence-corrected chi connectivity index (χ4v) is 1.33. The molecular formula is C13H16O. The second-order valence-corrected chi connectivity index (χ2v) is 3.29. The highest BCUT2D eigenvalue weighted by Gasteiger charge is 1.97. The van der Waals surface area contributed by atoms with E-state index in [0.717, 1.165) is 36.7 Å². The van der Waals surface area contributed by atoms with Gasteiger partial charge < -0.3 is 0 Å². The lowest BCUT2D eigenvalue weighted by molar-refractivity contribution is -0.103. The van der Waals surface area contributed by atoms with E-state index in [9.17, 15) is 4.79 Å². The van der Waals surface area contributed by atoms with Gasteiger partial charge in [0.1, 0.15) is 6.29 Å². The van der Waals surface area contributed by atoms with Crippen LogP contribution in [0.5, 0.6) is 0 Å². The van der Waals surface area contributed by atoms with Crippen molar-refractivity contribution in [3.63, 3.8) is 0 Å². The van der Waals surface area contributed by atoms with Gasteiger partial charge in [-0.15, -0.1) is 0 Å². The van der Waals surface area contributed by atoms with Crippen molar-refractivity contribution in [2.75, 3.05) is 0 Å². The van der Waals surface area contributed by atoms with Gasteiger partial charge in [-0.05, 0) is 12.0 Å². The molecule has 1 aromatic carbocycles. The molecule has 0 atom stereocenters. The predicted octanol–water partition coefficient (Wildman–Crippen LogP) is 3.46. The minimum absolute atomic E-state index is 0.805. The molecule has 0 fully saturated rings. The summed E-state index contributed by atoms with van der Waals surface area (Å²) in [5.41, 5.74) is 1.82. The van der Waals surface area contributed by atoms with E-state index < -0.39 is 0 Å². The molecular weight excluding hydrogens is 172 g/mol. The molecule has 0 aliphatic rings. The van der Waals surface area contributed by atoms with Gasteiger partial charge in [0.05, 0.1) is 0 Å². The lowest BCUT2D eigenvalue weighted by Crippen LogP contribution is -1.85. The fraction of sp³-hybridized carbons (Fsp3) is 0.308. The van der Waals surface area contributed by atoms with Crippen LogP contribution in [0, 0.1) is 0 Å². The first kappa shape index (κ1) is 10.7. The number of hydrogen-bond donors (Lipinski definition) is 0. The fourth-order valence-electron chi connectivity index (χ4n) is 1.33. The molecule has 1 rings (SSSR count). The average Bonchev–Trinajstić information content (AvgIpc) is 2.26. The van der Waals surface area contributed by atoms with Gasteiger partial charge >= 0.3 is 0 Å². The molecule has 0 radical (unpaired) electrons. The van der Waals surface area contributed by atoms with Crippen LogP contribution < -0.4 is 0 Å². The summed E-state index contributed by atoms with van der Waals surface area (Å²) in [5, 5.41) is 0. The van der Waals surface area contributed by atoms with Gasteiger partial charge in [-0.25, -0.2) is 0 Å². The Kier molecular flexibility index (Phi) is 4.70. The highest BCUT2D eigenvalue weighted by Crippen LogP contribution is 2.12. The van der Waals surface area contributed by atoms with E-state index in [1.165, 1.54) is 0 Å². The number of carbonyl (C=O) groups excluding carboxylic acids is 1. The summed E-state index contributed by atoms with van der Waals surface area (Å²) in [6.45, 7) is 2.15. The van der Waals surface area contributed by atoms with Crippen molar-refractivity contribution in [3.8, 4) is 0 Å². The molecule has 0 heterocycles. The Bertz CT molecular complexity index is 298. The van der Waals surface area contributed by atoms with Gasteiger partial charge in [-0.3, -0.25) is 4.79 Å². The summed E-state index contributed by atoms with van der Waals surface area (Å²) in [6, 6.07) is 9.79. The molecule has 14 heavy (non-hydrogen) atoms. The molecule has 0 aliphatic heterocycles. The zero-order chi connectivity index (χ0) is 10.2. The topological polar surface area (TPSA) is 17.1 Å². The van der Waals surface area contributed by atoms with E-state index in [4.69, 9.17) is 0 Å². The summed E-state index contributed by atoms with van der Waals surface area (Å²) < 4.78 is 0. The van der Waals surface area contributed by atoms with E-state index in [1.54, 1.807) is 0 Å². The average molecular weight is 188 g/mol. The third-order valence-corrected chi connectivity index (χ3v) is 2.16. The number of benzene rings is 1. The van der Waals surface area contributed by atoms with Crippen LogP contribution in [0.15, 0.2) is 36.4 Å². The van der Waals surface area contributed by atoms with Crippen LogP contribution in [-0.4, -0.2) is 6.29 Å². The van der Waals surface area contributed by atoms with Crippen molar-refractivity contribution in [1.82, 2.24) is 0 Å². The van der Waals surface area contributed by atoms with Gasteiger partial charge in [0.2, 0.25) is 0 Å². The highest BCUT2D eigenvalue weighted by molar-refractivity contribution is 6.06. The quantitative estimate of drug-likeness (QED) is 0.393. The maximum absolute atomic E-state index is 10.8. The third kappa shape index (κ3) is 3.17. The van der Waals surface area contributed by atoms with E-state index in [2.05, 4.69) is 6.92 Å². The zero-order valence-electron chi connectivity index (χ0n) is 8.57. The van der Waals surface area contributed by atoms with Crippen LogP contribution in [0.1, 0.15) is 31.7 Å². The number of rotatable bonds is 5. The standard InChI is InChI=1S/C13H16O/c1-2-3-5-10-13(11-14)12-8-6-4-7-9-12/h4,6-11H,2-3,5H2,1H3. The minimum Gasteiger partial charge on any atom is -0.298 e. The van der Waals surface area contributed by atoms with Gasteiger partial charge in [0, 0.05) is 5.57 Å². The Morgan fingerprint density at radius 3 is 2.57 bits per heavy atom. The number of carbonyl (C=O) groups is 1. The van der Waals surface area contributed by atoms with Crippen LogP contribution in [0.25, 0.3) is 5.57 Å². The smallest absolute Gasteiger partial charge is 0.150 e. The van der Waals surface area contributed by atoms with Crippen LogP contribution in [0.3, 0.4) is 0 Å². The van der Waals surface area contributed by atoms with Crippen LogP contribution >= 0.6 is 0 Å². The summed E-state index contributed by atoms with van der Waals surface area (Å²) in [5.74, 6) is 0. The first-order chi connectivity index (χ1) is 6.88. The van der Waals surface area contributed by atoms with Gasteiger partial charge in [0.15, 0.2) is 0 Å². The molecule has 1 heteroatoms. The van der Waals surface area contributed by atoms with Crippen molar-refractivity contribution in [1.29, 1.82) is 0 Å². The molecule has 0 amide bonds. The Labute approximate surface area is 85.5 Å². The SMILES string of the molecule is CCCCC=C(C=O)c1ccccc1. The van der Waals surface area contributed by atoms with Crippen LogP contribution in [0.2, 0.25) is 0 Å². The maximum atomic E-state index is 10.8. The lowest BCUT2D eigenvalue weighted by Gasteiger charge is -1.99. The molecule has 0 saturated heterocycles. The van der Waals surface area contributed by atoms with Crippen molar-refractivity contribution >= 4 is 11.9 Å². The van der Waals surface area contributed by atoms with E-state index in [-0.39, 0.29) is 0 Å². The van der Waals surface area contributed by atoms with E-state index >= 15 is 0 Å². The van der Waals surface area contributed by atoms with Gasteiger partial charge in [-0.2, -0.15) is 0 Å².